The summed E-state index contributed by atoms with van der Waals surface area (Å²) >= 11 is 15.7. The second-order valence-corrected chi connectivity index (χ2v) is 6.39. The van der Waals surface area contributed by atoms with Crippen LogP contribution in [0.5, 0.6) is 5.75 Å². The molecule has 0 N–H and O–H groups in total. The lowest BCUT2D eigenvalue weighted by atomic mass is 10.2. The first kappa shape index (κ1) is 14.8. The minimum atomic E-state index is 0.574. The highest BCUT2D eigenvalue weighted by Gasteiger charge is 2.06. The Kier molecular flexibility index (Phi) is 4.43. The van der Waals surface area contributed by atoms with Crippen molar-refractivity contribution in [3.8, 4) is 5.75 Å². The maximum Gasteiger partial charge on any atom is 0.120 e. The molecule has 108 valence electrons. The van der Waals surface area contributed by atoms with Crippen LogP contribution in [0, 0.1) is 0 Å². The van der Waals surface area contributed by atoms with Crippen LogP contribution in [-0.4, -0.2) is 11.2 Å². The summed E-state index contributed by atoms with van der Waals surface area (Å²) in [6.07, 6.45) is 2.00. The second kappa shape index (κ2) is 6.30. The van der Waals surface area contributed by atoms with Gasteiger partial charge in [-0.3, -0.25) is 0 Å². The van der Waals surface area contributed by atoms with Crippen molar-refractivity contribution in [3.63, 3.8) is 0 Å². The van der Waals surface area contributed by atoms with E-state index in [-0.39, 0.29) is 0 Å². The van der Waals surface area contributed by atoms with Crippen molar-refractivity contribution in [2.45, 2.75) is 6.54 Å². The molecule has 0 spiro atoms. The van der Waals surface area contributed by atoms with E-state index >= 15 is 0 Å². The molecular weight excluding hydrogens is 373 g/mol. The van der Waals surface area contributed by atoms with Gasteiger partial charge in [0.05, 0.1) is 17.1 Å². The number of halogens is 3. The lowest BCUT2D eigenvalue weighted by molar-refractivity contribution is 0.300. The van der Waals surface area contributed by atoms with Crippen molar-refractivity contribution in [3.05, 3.63) is 63.2 Å². The molecule has 0 aliphatic carbocycles. The number of ether oxygens (including phenoxy) is 1. The van der Waals surface area contributed by atoms with Crippen LogP contribution in [-0.2, 0) is 6.54 Å². The Morgan fingerprint density at radius 1 is 1.10 bits per heavy atom. The lowest BCUT2D eigenvalue weighted by Gasteiger charge is -2.09. The molecule has 1 aromatic heterocycles. The van der Waals surface area contributed by atoms with Crippen LogP contribution in [0.1, 0.15) is 0 Å². The van der Waals surface area contributed by atoms with Crippen LogP contribution in [0.3, 0.4) is 0 Å². The summed E-state index contributed by atoms with van der Waals surface area (Å²) < 4.78 is 8.85. The van der Waals surface area contributed by atoms with Crippen molar-refractivity contribution in [1.29, 1.82) is 0 Å². The van der Waals surface area contributed by atoms with Gasteiger partial charge in [-0.05, 0) is 36.4 Å². The van der Waals surface area contributed by atoms with Crippen molar-refractivity contribution < 1.29 is 4.74 Å². The maximum absolute atomic E-state index is 6.19. The molecule has 21 heavy (non-hydrogen) atoms. The van der Waals surface area contributed by atoms with Gasteiger partial charge in [-0.2, -0.15) is 0 Å². The van der Waals surface area contributed by atoms with E-state index in [0.29, 0.717) is 16.7 Å². The fraction of sp³-hybridized carbons (Fsp3) is 0.125. The molecule has 0 aliphatic rings. The van der Waals surface area contributed by atoms with E-state index in [1.54, 1.807) is 6.07 Å². The average molecular weight is 385 g/mol. The number of hydrogen-bond acceptors (Lipinski definition) is 1. The number of benzene rings is 2. The third kappa shape index (κ3) is 3.37. The van der Waals surface area contributed by atoms with Crippen LogP contribution in [0.4, 0.5) is 0 Å². The SMILES string of the molecule is Clc1cc(Cl)c2ccn(CCOc3cccc(Br)c3)c2c1. The highest BCUT2D eigenvalue weighted by Crippen LogP contribution is 2.28. The molecule has 0 saturated carbocycles. The first-order valence-corrected chi connectivity index (χ1v) is 8.00. The predicted molar refractivity (Wildman–Crippen MR) is 91.6 cm³/mol. The zero-order chi connectivity index (χ0) is 14.8. The highest BCUT2D eigenvalue weighted by atomic mass is 79.9. The number of aromatic nitrogens is 1. The van der Waals surface area contributed by atoms with Crippen molar-refractivity contribution in [1.82, 2.24) is 4.57 Å². The van der Waals surface area contributed by atoms with Crippen molar-refractivity contribution in [2.24, 2.45) is 0 Å². The van der Waals surface area contributed by atoms with Gasteiger partial charge in [0.1, 0.15) is 12.4 Å². The topological polar surface area (TPSA) is 14.2 Å². The fourth-order valence-electron chi connectivity index (χ4n) is 2.23. The van der Waals surface area contributed by atoms with Gasteiger partial charge in [-0.1, -0.05) is 45.2 Å². The Bertz CT molecular complexity index is 785. The smallest absolute Gasteiger partial charge is 0.120 e. The average Bonchev–Trinajstić information content (AvgIpc) is 2.82. The molecule has 2 nitrogen and oxygen atoms in total. The van der Waals surface area contributed by atoms with Gasteiger partial charge in [-0.15, -0.1) is 0 Å². The molecule has 0 saturated heterocycles. The van der Waals surface area contributed by atoms with Crippen LogP contribution in [0.2, 0.25) is 10.0 Å². The van der Waals surface area contributed by atoms with Gasteiger partial charge >= 0.3 is 0 Å². The van der Waals surface area contributed by atoms with Crippen LogP contribution < -0.4 is 4.74 Å². The molecule has 2 aromatic carbocycles. The number of fused-ring (bicyclic) bond motifs is 1. The van der Waals surface area contributed by atoms with E-state index in [1.165, 1.54) is 0 Å². The number of nitrogens with zero attached hydrogens (tertiary/aromatic N) is 1. The standard InChI is InChI=1S/C16H12BrCl2NO/c17-11-2-1-3-13(8-11)21-7-6-20-5-4-14-15(19)9-12(18)10-16(14)20/h1-5,8-10H,6-7H2. The number of hydrogen-bond donors (Lipinski definition) is 0. The third-order valence-corrected chi connectivity index (χ3v) is 4.22. The minimum Gasteiger partial charge on any atom is -0.492 e. The van der Waals surface area contributed by atoms with Crippen LogP contribution in [0.25, 0.3) is 10.9 Å². The molecule has 0 radical (unpaired) electrons. The second-order valence-electron chi connectivity index (χ2n) is 4.64. The molecule has 3 aromatic rings. The summed E-state index contributed by atoms with van der Waals surface area (Å²) in [4.78, 5) is 0. The quantitative estimate of drug-likeness (QED) is 0.555. The minimum absolute atomic E-state index is 0.574. The fourth-order valence-corrected chi connectivity index (χ4v) is 3.16. The first-order chi connectivity index (χ1) is 10.1. The molecule has 5 heteroatoms. The molecule has 0 atom stereocenters. The summed E-state index contributed by atoms with van der Waals surface area (Å²) in [6.45, 7) is 1.30. The highest BCUT2D eigenvalue weighted by molar-refractivity contribution is 9.10. The normalized spacial score (nSPS) is 11.0. The lowest BCUT2D eigenvalue weighted by Crippen LogP contribution is -2.07. The summed E-state index contributed by atoms with van der Waals surface area (Å²) in [5.41, 5.74) is 1.02. The number of rotatable bonds is 4. The van der Waals surface area contributed by atoms with Crippen LogP contribution in [0.15, 0.2) is 53.1 Å². The summed E-state index contributed by atoms with van der Waals surface area (Å²) in [5, 5.41) is 2.31. The molecule has 0 amide bonds. The Balaban J connectivity index is 1.74. The van der Waals surface area contributed by atoms with Gasteiger partial charge in [0.25, 0.3) is 0 Å². The van der Waals surface area contributed by atoms with E-state index in [1.807, 2.05) is 42.6 Å². The Labute approximate surface area is 141 Å². The summed E-state index contributed by atoms with van der Waals surface area (Å²) in [5.74, 6) is 0.844. The molecule has 1 heterocycles. The molecule has 3 rings (SSSR count). The van der Waals surface area contributed by atoms with E-state index in [4.69, 9.17) is 27.9 Å². The summed E-state index contributed by atoms with van der Waals surface area (Å²) in [6, 6.07) is 13.5. The largest absolute Gasteiger partial charge is 0.492 e. The van der Waals surface area contributed by atoms with Gasteiger partial charge in [0, 0.05) is 21.1 Å². The third-order valence-electron chi connectivity index (χ3n) is 3.20. The van der Waals surface area contributed by atoms with E-state index in [2.05, 4.69) is 20.5 Å². The van der Waals surface area contributed by atoms with Crippen LogP contribution >= 0.6 is 39.1 Å². The van der Waals surface area contributed by atoms with Gasteiger partial charge < -0.3 is 9.30 Å². The van der Waals surface area contributed by atoms with Gasteiger partial charge in [0.2, 0.25) is 0 Å². The van der Waals surface area contributed by atoms with E-state index in [9.17, 15) is 0 Å². The Morgan fingerprint density at radius 2 is 1.95 bits per heavy atom. The monoisotopic (exact) mass is 383 g/mol. The first-order valence-electron chi connectivity index (χ1n) is 6.46. The molecule has 0 fully saturated rings. The molecule has 0 aliphatic heterocycles. The Morgan fingerprint density at radius 3 is 2.76 bits per heavy atom. The van der Waals surface area contributed by atoms with E-state index in [0.717, 1.165) is 27.7 Å². The van der Waals surface area contributed by atoms with Crippen molar-refractivity contribution >= 4 is 50.0 Å². The zero-order valence-corrected chi connectivity index (χ0v) is 14.1. The van der Waals surface area contributed by atoms with Gasteiger partial charge in [0.15, 0.2) is 0 Å². The molecular formula is C16H12BrCl2NO. The van der Waals surface area contributed by atoms with Crippen molar-refractivity contribution in [2.75, 3.05) is 6.61 Å². The van der Waals surface area contributed by atoms with Gasteiger partial charge in [-0.25, -0.2) is 0 Å². The predicted octanol–water partition coefficient (Wildman–Crippen LogP) is 5.79. The zero-order valence-electron chi connectivity index (χ0n) is 11.0. The Hall–Kier alpha value is -1.16. The summed E-state index contributed by atoms with van der Waals surface area (Å²) in [7, 11) is 0. The molecule has 0 unspecified atom stereocenters. The van der Waals surface area contributed by atoms with E-state index < -0.39 is 0 Å². The maximum atomic E-state index is 6.19. The molecule has 0 bridgehead atoms.